The van der Waals surface area contributed by atoms with Crippen LogP contribution in [-0.4, -0.2) is 36.5 Å². The first kappa shape index (κ1) is 11.8. The first-order valence-corrected chi connectivity index (χ1v) is 4.99. The van der Waals surface area contributed by atoms with E-state index in [2.05, 4.69) is 11.3 Å². The van der Waals surface area contributed by atoms with E-state index in [-0.39, 0.29) is 11.9 Å². The van der Waals surface area contributed by atoms with Gasteiger partial charge in [-0.3, -0.25) is 4.79 Å². The van der Waals surface area contributed by atoms with Gasteiger partial charge in [0, 0.05) is 6.54 Å². The van der Waals surface area contributed by atoms with Crippen LogP contribution in [0.3, 0.4) is 0 Å². The molecular formula is C11H17NO3. The van der Waals surface area contributed by atoms with Gasteiger partial charge in [0.25, 0.3) is 0 Å². The van der Waals surface area contributed by atoms with E-state index < -0.39 is 11.5 Å². The van der Waals surface area contributed by atoms with Gasteiger partial charge >= 0.3 is 5.97 Å². The summed E-state index contributed by atoms with van der Waals surface area (Å²) < 4.78 is 4.62. The highest BCUT2D eigenvalue weighted by molar-refractivity contribution is 5.90. The Kier molecular flexibility index (Phi) is 3.17. The van der Waals surface area contributed by atoms with Crippen LogP contribution in [0.25, 0.3) is 0 Å². The molecule has 0 bridgehead atoms. The first-order chi connectivity index (χ1) is 6.96. The number of carbonyl (C=O) groups is 2. The van der Waals surface area contributed by atoms with Crippen LogP contribution in [0.4, 0.5) is 0 Å². The van der Waals surface area contributed by atoms with Crippen molar-refractivity contribution in [2.75, 3.05) is 13.7 Å². The number of carbonyl (C=O) groups excluding carboxylic acids is 2. The van der Waals surface area contributed by atoms with Crippen LogP contribution in [0.1, 0.15) is 20.3 Å². The lowest BCUT2D eigenvalue weighted by atomic mass is 9.89. The Balaban J connectivity index is 2.80. The molecule has 4 nitrogen and oxygen atoms in total. The fourth-order valence-electron chi connectivity index (χ4n) is 1.75. The number of amides is 1. The molecular weight excluding hydrogens is 194 g/mol. The third-order valence-electron chi connectivity index (χ3n) is 3.08. The Hall–Kier alpha value is -1.32. The number of hydrogen-bond acceptors (Lipinski definition) is 3. The zero-order valence-corrected chi connectivity index (χ0v) is 9.45. The molecule has 15 heavy (non-hydrogen) atoms. The maximum Gasteiger partial charge on any atom is 0.328 e. The fourth-order valence-corrected chi connectivity index (χ4v) is 1.75. The van der Waals surface area contributed by atoms with Crippen molar-refractivity contribution in [1.82, 2.24) is 4.90 Å². The van der Waals surface area contributed by atoms with E-state index in [9.17, 15) is 9.59 Å². The van der Waals surface area contributed by atoms with Crippen LogP contribution in [0.5, 0.6) is 0 Å². The maximum absolute atomic E-state index is 12.0. The third kappa shape index (κ3) is 1.89. The summed E-state index contributed by atoms with van der Waals surface area (Å²) in [6, 6.07) is -0.510. The second kappa shape index (κ2) is 4.04. The number of methoxy groups -OCH3 is 1. The predicted octanol–water partition coefficient (Wildman–Crippen LogP) is 0.972. The van der Waals surface area contributed by atoms with Gasteiger partial charge in [0.15, 0.2) is 0 Å². The molecule has 1 aliphatic rings. The second-order valence-electron chi connectivity index (χ2n) is 4.07. The highest BCUT2D eigenvalue weighted by atomic mass is 16.5. The highest BCUT2D eigenvalue weighted by Crippen LogP contribution is 2.33. The van der Waals surface area contributed by atoms with Crippen LogP contribution >= 0.6 is 0 Å². The summed E-state index contributed by atoms with van der Waals surface area (Å²) in [5.41, 5.74) is -0.526. The molecule has 1 rings (SSSR count). The summed E-state index contributed by atoms with van der Waals surface area (Å²) in [6.45, 7) is 7.76. The number of likely N-dealkylation sites (tertiary alicyclic amines) is 1. The molecule has 1 heterocycles. The number of esters is 1. The summed E-state index contributed by atoms with van der Waals surface area (Å²) in [7, 11) is 1.33. The van der Waals surface area contributed by atoms with E-state index in [1.54, 1.807) is 17.9 Å². The van der Waals surface area contributed by atoms with Gasteiger partial charge in [0.1, 0.15) is 6.04 Å². The minimum Gasteiger partial charge on any atom is -0.467 e. The summed E-state index contributed by atoms with van der Waals surface area (Å²) in [5.74, 6) is -0.424. The van der Waals surface area contributed by atoms with E-state index in [4.69, 9.17) is 0 Å². The second-order valence-corrected chi connectivity index (χ2v) is 4.07. The van der Waals surface area contributed by atoms with Crippen molar-refractivity contribution < 1.29 is 14.3 Å². The van der Waals surface area contributed by atoms with Crippen molar-refractivity contribution in [3.05, 3.63) is 12.7 Å². The summed E-state index contributed by atoms with van der Waals surface area (Å²) in [5, 5.41) is 0. The van der Waals surface area contributed by atoms with Crippen molar-refractivity contribution in [3.63, 3.8) is 0 Å². The standard InChI is InChI=1S/C11H17NO3/c1-5-11(3)6-7-12(10(11)14)8(2)9(13)15-4/h5,8H,1,6-7H2,2-4H3/t8-,11?/m1/s1. The van der Waals surface area contributed by atoms with Crippen LogP contribution in [-0.2, 0) is 14.3 Å². The lowest BCUT2D eigenvalue weighted by Crippen LogP contribution is -2.42. The number of nitrogens with zero attached hydrogens (tertiary/aromatic N) is 1. The monoisotopic (exact) mass is 211 g/mol. The molecule has 1 amide bonds. The Labute approximate surface area is 89.9 Å². The van der Waals surface area contributed by atoms with Gasteiger partial charge in [-0.15, -0.1) is 6.58 Å². The molecule has 1 unspecified atom stereocenters. The van der Waals surface area contributed by atoms with E-state index >= 15 is 0 Å². The first-order valence-electron chi connectivity index (χ1n) is 4.99. The Morgan fingerprint density at radius 3 is 2.73 bits per heavy atom. The quantitative estimate of drug-likeness (QED) is 0.516. The minimum absolute atomic E-state index is 0.0459. The molecule has 0 saturated carbocycles. The van der Waals surface area contributed by atoms with Gasteiger partial charge in [-0.1, -0.05) is 6.08 Å². The fraction of sp³-hybridized carbons (Fsp3) is 0.636. The summed E-state index contributed by atoms with van der Waals surface area (Å²) in [4.78, 5) is 24.8. The summed E-state index contributed by atoms with van der Waals surface area (Å²) in [6.07, 6.45) is 2.36. The maximum atomic E-state index is 12.0. The average Bonchev–Trinajstić information content (AvgIpc) is 2.55. The topological polar surface area (TPSA) is 46.6 Å². The number of hydrogen-bond donors (Lipinski definition) is 0. The zero-order valence-electron chi connectivity index (χ0n) is 9.45. The van der Waals surface area contributed by atoms with Crippen LogP contribution < -0.4 is 0 Å². The van der Waals surface area contributed by atoms with Crippen LogP contribution in [0.15, 0.2) is 12.7 Å². The van der Waals surface area contributed by atoms with Gasteiger partial charge in [0.2, 0.25) is 5.91 Å². The van der Waals surface area contributed by atoms with E-state index in [1.165, 1.54) is 7.11 Å². The zero-order chi connectivity index (χ0) is 11.6. The van der Waals surface area contributed by atoms with Crippen LogP contribution in [0, 0.1) is 5.41 Å². The highest BCUT2D eigenvalue weighted by Gasteiger charge is 2.43. The van der Waals surface area contributed by atoms with Crippen molar-refractivity contribution in [2.24, 2.45) is 5.41 Å². The van der Waals surface area contributed by atoms with Gasteiger partial charge in [-0.2, -0.15) is 0 Å². The van der Waals surface area contributed by atoms with Crippen LogP contribution in [0.2, 0.25) is 0 Å². The molecule has 1 saturated heterocycles. The molecule has 2 atom stereocenters. The smallest absolute Gasteiger partial charge is 0.328 e. The van der Waals surface area contributed by atoms with E-state index in [0.717, 1.165) is 0 Å². The van der Waals surface area contributed by atoms with Crippen molar-refractivity contribution in [1.29, 1.82) is 0 Å². The van der Waals surface area contributed by atoms with E-state index in [1.807, 2.05) is 6.92 Å². The molecule has 0 radical (unpaired) electrons. The van der Waals surface area contributed by atoms with Crippen molar-refractivity contribution >= 4 is 11.9 Å². The molecule has 0 aromatic carbocycles. The number of rotatable bonds is 3. The molecule has 0 spiro atoms. The SMILES string of the molecule is C=CC1(C)CCN([C@H](C)C(=O)OC)C1=O. The van der Waals surface area contributed by atoms with Gasteiger partial charge < -0.3 is 9.64 Å². The molecule has 0 aliphatic carbocycles. The lowest BCUT2D eigenvalue weighted by molar-refractivity contribution is -0.151. The molecule has 1 fully saturated rings. The van der Waals surface area contributed by atoms with E-state index in [0.29, 0.717) is 13.0 Å². The molecule has 4 heteroatoms. The predicted molar refractivity (Wildman–Crippen MR) is 56.1 cm³/mol. The molecule has 0 aromatic rings. The molecule has 0 N–H and O–H groups in total. The largest absolute Gasteiger partial charge is 0.467 e. The van der Waals surface area contributed by atoms with Gasteiger partial charge in [-0.05, 0) is 20.3 Å². The Bertz CT molecular complexity index is 300. The Morgan fingerprint density at radius 2 is 2.33 bits per heavy atom. The van der Waals surface area contributed by atoms with Crippen molar-refractivity contribution in [3.8, 4) is 0 Å². The van der Waals surface area contributed by atoms with Gasteiger partial charge in [-0.25, -0.2) is 4.79 Å². The molecule has 84 valence electrons. The van der Waals surface area contributed by atoms with Gasteiger partial charge in [0.05, 0.1) is 12.5 Å². The summed E-state index contributed by atoms with van der Waals surface area (Å²) >= 11 is 0. The van der Waals surface area contributed by atoms with Crippen molar-refractivity contribution in [2.45, 2.75) is 26.3 Å². The number of ether oxygens (including phenoxy) is 1. The average molecular weight is 211 g/mol. The normalized spacial score (nSPS) is 27.7. The third-order valence-corrected chi connectivity index (χ3v) is 3.08. The minimum atomic E-state index is -0.526. The lowest BCUT2D eigenvalue weighted by Gasteiger charge is -2.24. The molecule has 0 aromatic heterocycles. The Morgan fingerprint density at radius 1 is 1.73 bits per heavy atom. The molecule has 1 aliphatic heterocycles.